The second kappa shape index (κ2) is 7.51. The predicted molar refractivity (Wildman–Crippen MR) is 102 cm³/mol. The summed E-state index contributed by atoms with van der Waals surface area (Å²) < 4.78 is 11.0. The van der Waals surface area contributed by atoms with Crippen molar-refractivity contribution in [2.45, 2.75) is 20.1 Å². The Balaban J connectivity index is 1.38. The van der Waals surface area contributed by atoms with Gasteiger partial charge in [0, 0.05) is 30.4 Å². The maximum absolute atomic E-state index is 12.5. The Morgan fingerprint density at radius 3 is 2.96 bits per heavy atom. The standard InChI is InChI=1S/C20H19N5O3/c1-13-8-15(23-22-13)11-25(2)20(26)19-10-17(28-24-19)12-27-16-5-6-18-14(9-16)4-3-7-21-18/h3-10H,11-12H2,1-2H3,(H,22,23). The summed E-state index contributed by atoms with van der Waals surface area (Å²) in [5.41, 5.74) is 2.86. The molecule has 0 fully saturated rings. The Bertz CT molecular complexity index is 1120. The first-order valence-electron chi connectivity index (χ1n) is 8.78. The molecule has 1 N–H and O–H groups in total. The topological polar surface area (TPSA) is 97.1 Å². The van der Waals surface area contributed by atoms with Crippen LogP contribution in [0.15, 0.2) is 53.2 Å². The van der Waals surface area contributed by atoms with Crippen molar-refractivity contribution >= 4 is 16.8 Å². The average molecular weight is 377 g/mol. The Hall–Kier alpha value is -3.68. The third-order valence-corrected chi connectivity index (χ3v) is 4.24. The molecule has 8 heteroatoms. The molecule has 142 valence electrons. The Labute approximate surface area is 161 Å². The zero-order chi connectivity index (χ0) is 19.5. The molecular weight excluding hydrogens is 358 g/mol. The summed E-state index contributed by atoms with van der Waals surface area (Å²) in [6.45, 7) is 2.47. The Morgan fingerprint density at radius 2 is 2.14 bits per heavy atom. The summed E-state index contributed by atoms with van der Waals surface area (Å²) in [5, 5.41) is 11.8. The summed E-state index contributed by atoms with van der Waals surface area (Å²) >= 11 is 0. The lowest BCUT2D eigenvalue weighted by Gasteiger charge is -2.13. The number of H-pyrrole nitrogens is 1. The number of fused-ring (bicyclic) bond motifs is 1. The fourth-order valence-electron chi connectivity index (χ4n) is 2.85. The average Bonchev–Trinajstić information content (AvgIpc) is 3.34. The first-order valence-corrected chi connectivity index (χ1v) is 8.78. The molecule has 0 atom stereocenters. The third-order valence-electron chi connectivity index (χ3n) is 4.24. The van der Waals surface area contributed by atoms with Gasteiger partial charge in [-0.2, -0.15) is 5.10 Å². The van der Waals surface area contributed by atoms with Crippen LogP contribution < -0.4 is 4.74 Å². The van der Waals surface area contributed by atoms with Crippen molar-refractivity contribution in [1.29, 1.82) is 0 Å². The van der Waals surface area contributed by atoms with E-state index in [2.05, 4.69) is 20.3 Å². The van der Waals surface area contributed by atoms with Crippen molar-refractivity contribution in [2.75, 3.05) is 7.05 Å². The number of carbonyl (C=O) groups excluding carboxylic acids is 1. The van der Waals surface area contributed by atoms with E-state index in [4.69, 9.17) is 9.26 Å². The Kier molecular flexibility index (Phi) is 4.76. The highest BCUT2D eigenvalue weighted by atomic mass is 16.5. The van der Waals surface area contributed by atoms with E-state index in [-0.39, 0.29) is 18.2 Å². The lowest BCUT2D eigenvalue weighted by atomic mass is 10.2. The number of aromatic nitrogens is 4. The quantitative estimate of drug-likeness (QED) is 0.554. The van der Waals surface area contributed by atoms with Gasteiger partial charge in [-0.3, -0.25) is 14.9 Å². The minimum Gasteiger partial charge on any atom is -0.486 e. The number of aromatic amines is 1. The summed E-state index contributed by atoms with van der Waals surface area (Å²) in [4.78, 5) is 18.3. The highest BCUT2D eigenvalue weighted by molar-refractivity contribution is 5.92. The molecule has 0 unspecified atom stereocenters. The van der Waals surface area contributed by atoms with Crippen LogP contribution in [-0.4, -0.2) is 38.2 Å². The summed E-state index contributed by atoms with van der Waals surface area (Å²) in [5.74, 6) is 0.918. The number of hydrogen-bond acceptors (Lipinski definition) is 6. The van der Waals surface area contributed by atoms with E-state index in [0.29, 0.717) is 18.1 Å². The number of nitrogens with one attached hydrogen (secondary N) is 1. The van der Waals surface area contributed by atoms with E-state index in [0.717, 1.165) is 22.3 Å². The van der Waals surface area contributed by atoms with Crippen LogP contribution in [0, 0.1) is 6.92 Å². The molecule has 1 aromatic carbocycles. The van der Waals surface area contributed by atoms with Gasteiger partial charge in [-0.1, -0.05) is 11.2 Å². The van der Waals surface area contributed by atoms with E-state index in [1.165, 1.54) is 4.90 Å². The first kappa shape index (κ1) is 17.7. The minimum absolute atomic E-state index is 0.175. The van der Waals surface area contributed by atoms with Crippen LogP contribution in [0.1, 0.15) is 27.6 Å². The van der Waals surface area contributed by atoms with Crippen LogP contribution in [-0.2, 0) is 13.2 Å². The largest absolute Gasteiger partial charge is 0.486 e. The maximum atomic E-state index is 12.5. The summed E-state index contributed by atoms with van der Waals surface area (Å²) in [6, 6.07) is 13.0. The van der Waals surface area contributed by atoms with Crippen LogP contribution in [0.3, 0.4) is 0 Å². The number of pyridine rings is 1. The van der Waals surface area contributed by atoms with Crippen molar-refractivity contribution in [3.63, 3.8) is 0 Å². The molecule has 0 saturated heterocycles. The van der Waals surface area contributed by atoms with Crippen molar-refractivity contribution in [1.82, 2.24) is 25.2 Å². The highest BCUT2D eigenvalue weighted by Gasteiger charge is 2.18. The SMILES string of the molecule is Cc1cc(CN(C)C(=O)c2cc(COc3ccc4ncccc4c3)on2)n[nH]1. The fourth-order valence-corrected chi connectivity index (χ4v) is 2.85. The molecule has 0 aliphatic carbocycles. The second-order valence-corrected chi connectivity index (χ2v) is 6.53. The van der Waals surface area contributed by atoms with Crippen molar-refractivity contribution in [3.8, 4) is 5.75 Å². The van der Waals surface area contributed by atoms with E-state index < -0.39 is 0 Å². The lowest BCUT2D eigenvalue weighted by molar-refractivity contribution is 0.0772. The van der Waals surface area contributed by atoms with Crippen molar-refractivity contribution in [2.24, 2.45) is 0 Å². The molecule has 4 aromatic rings. The second-order valence-electron chi connectivity index (χ2n) is 6.53. The fraction of sp³-hybridized carbons (Fsp3) is 0.200. The van der Waals surface area contributed by atoms with Gasteiger partial charge in [-0.15, -0.1) is 0 Å². The number of nitrogens with zero attached hydrogens (tertiary/aromatic N) is 4. The maximum Gasteiger partial charge on any atom is 0.276 e. The van der Waals surface area contributed by atoms with E-state index in [1.807, 2.05) is 43.3 Å². The van der Waals surface area contributed by atoms with Crippen LogP contribution >= 0.6 is 0 Å². The molecule has 0 saturated carbocycles. The van der Waals surface area contributed by atoms with Gasteiger partial charge in [0.25, 0.3) is 5.91 Å². The Morgan fingerprint density at radius 1 is 1.25 bits per heavy atom. The van der Waals surface area contributed by atoms with Crippen LogP contribution in [0.2, 0.25) is 0 Å². The van der Waals surface area contributed by atoms with Gasteiger partial charge in [-0.05, 0) is 37.3 Å². The molecule has 1 amide bonds. The molecule has 0 aliphatic heterocycles. The number of benzene rings is 1. The summed E-state index contributed by atoms with van der Waals surface area (Å²) in [6.07, 6.45) is 1.75. The van der Waals surface area contributed by atoms with Crippen LogP contribution in [0.25, 0.3) is 10.9 Å². The molecule has 0 bridgehead atoms. The highest BCUT2D eigenvalue weighted by Crippen LogP contribution is 2.20. The number of hydrogen-bond donors (Lipinski definition) is 1. The lowest BCUT2D eigenvalue weighted by Crippen LogP contribution is -2.26. The minimum atomic E-state index is -0.243. The zero-order valence-corrected chi connectivity index (χ0v) is 15.5. The molecule has 28 heavy (non-hydrogen) atoms. The predicted octanol–water partition coefficient (Wildman–Crippen LogP) is 3.11. The third kappa shape index (κ3) is 3.85. The molecule has 3 heterocycles. The van der Waals surface area contributed by atoms with Gasteiger partial charge in [0.2, 0.25) is 0 Å². The molecule has 0 radical (unpaired) electrons. The normalized spacial score (nSPS) is 10.9. The zero-order valence-electron chi connectivity index (χ0n) is 15.5. The van der Waals surface area contributed by atoms with E-state index in [1.54, 1.807) is 19.3 Å². The smallest absolute Gasteiger partial charge is 0.276 e. The van der Waals surface area contributed by atoms with Gasteiger partial charge in [0.05, 0.1) is 17.8 Å². The molecule has 0 aliphatic rings. The van der Waals surface area contributed by atoms with Gasteiger partial charge >= 0.3 is 0 Å². The summed E-state index contributed by atoms with van der Waals surface area (Å²) in [7, 11) is 1.69. The van der Waals surface area contributed by atoms with Crippen molar-refractivity contribution in [3.05, 3.63) is 71.5 Å². The molecule has 0 spiro atoms. The molecular formula is C20H19N5O3. The van der Waals surface area contributed by atoms with Crippen molar-refractivity contribution < 1.29 is 14.1 Å². The van der Waals surface area contributed by atoms with Gasteiger partial charge < -0.3 is 14.2 Å². The number of ether oxygens (including phenoxy) is 1. The number of rotatable bonds is 6. The first-order chi connectivity index (χ1) is 13.6. The number of carbonyl (C=O) groups is 1. The number of aryl methyl sites for hydroxylation is 1. The van der Waals surface area contributed by atoms with Gasteiger partial charge in [-0.25, -0.2) is 0 Å². The molecule has 8 nitrogen and oxygen atoms in total. The monoisotopic (exact) mass is 377 g/mol. The van der Waals surface area contributed by atoms with E-state index >= 15 is 0 Å². The van der Waals surface area contributed by atoms with Gasteiger partial charge in [0.1, 0.15) is 12.4 Å². The van der Waals surface area contributed by atoms with E-state index in [9.17, 15) is 4.79 Å². The number of amides is 1. The molecule has 4 rings (SSSR count). The van der Waals surface area contributed by atoms with Crippen LogP contribution in [0.5, 0.6) is 5.75 Å². The molecule has 3 aromatic heterocycles. The van der Waals surface area contributed by atoms with Gasteiger partial charge in [0.15, 0.2) is 11.5 Å². The van der Waals surface area contributed by atoms with Crippen LogP contribution in [0.4, 0.5) is 0 Å².